The number of hydrogen-bond donors (Lipinski definition) is 1. The largest absolute Gasteiger partial charge is 0.367 e. The Morgan fingerprint density at radius 1 is 1.16 bits per heavy atom. The summed E-state index contributed by atoms with van der Waals surface area (Å²) in [5.41, 5.74) is 1.16. The summed E-state index contributed by atoms with van der Waals surface area (Å²) in [7, 11) is 0. The van der Waals surface area contributed by atoms with Crippen molar-refractivity contribution in [2.24, 2.45) is 0 Å². The zero-order valence-electron chi connectivity index (χ0n) is 12.4. The van der Waals surface area contributed by atoms with Crippen LogP contribution >= 0.6 is 0 Å². The van der Waals surface area contributed by atoms with Crippen LogP contribution in [0.2, 0.25) is 0 Å². The van der Waals surface area contributed by atoms with Gasteiger partial charge in [-0.25, -0.2) is 0 Å². The smallest absolute Gasteiger partial charge is 0.0958 e. The van der Waals surface area contributed by atoms with E-state index in [-0.39, 0.29) is 11.7 Å². The second-order valence-corrected chi connectivity index (χ2v) is 6.18. The minimum Gasteiger partial charge on any atom is -0.367 e. The molecule has 1 aliphatic rings. The van der Waals surface area contributed by atoms with Crippen LogP contribution in [0.25, 0.3) is 0 Å². The van der Waals surface area contributed by atoms with E-state index in [0.717, 1.165) is 32.7 Å². The van der Waals surface area contributed by atoms with Gasteiger partial charge in [0.1, 0.15) is 0 Å². The molecule has 1 atom stereocenters. The Morgan fingerprint density at radius 3 is 2.37 bits per heavy atom. The Bertz CT molecular complexity index is 366. The van der Waals surface area contributed by atoms with Crippen molar-refractivity contribution in [1.29, 1.82) is 0 Å². The SMILES string of the molecule is CC(C)(C)OC(CN1CCNCC1)c1ccccc1. The van der Waals surface area contributed by atoms with Gasteiger partial charge in [-0.1, -0.05) is 30.3 Å². The van der Waals surface area contributed by atoms with Gasteiger partial charge < -0.3 is 10.1 Å². The Balaban J connectivity index is 2.05. The van der Waals surface area contributed by atoms with Crippen LogP contribution in [0.5, 0.6) is 0 Å². The molecule has 1 fully saturated rings. The highest BCUT2D eigenvalue weighted by Crippen LogP contribution is 2.25. The first-order valence-corrected chi connectivity index (χ1v) is 7.20. The molecule has 1 unspecified atom stereocenters. The molecule has 1 aromatic rings. The van der Waals surface area contributed by atoms with Crippen molar-refractivity contribution in [3.8, 4) is 0 Å². The van der Waals surface area contributed by atoms with E-state index >= 15 is 0 Å². The van der Waals surface area contributed by atoms with E-state index < -0.39 is 0 Å². The van der Waals surface area contributed by atoms with Crippen molar-refractivity contribution >= 4 is 0 Å². The van der Waals surface area contributed by atoms with Crippen molar-refractivity contribution in [1.82, 2.24) is 10.2 Å². The molecule has 0 aromatic heterocycles. The van der Waals surface area contributed by atoms with Crippen LogP contribution in [0, 0.1) is 0 Å². The van der Waals surface area contributed by atoms with Gasteiger partial charge in [-0.3, -0.25) is 4.90 Å². The van der Waals surface area contributed by atoms with Crippen LogP contribution < -0.4 is 5.32 Å². The zero-order chi connectivity index (χ0) is 13.7. The first-order valence-electron chi connectivity index (χ1n) is 7.20. The summed E-state index contributed by atoms with van der Waals surface area (Å²) in [4.78, 5) is 2.49. The van der Waals surface area contributed by atoms with Gasteiger partial charge in [-0.15, -0.1) is 0 Å². The van der Waals surface area contributed by atoms with E-state index in [1.807, 2.05) is 0 Å². The van der Waals surface area contributed by atoms with Crippen molar-refractivity contribution < 1.29 is 4.74 Å². The standard InChI is InChI=1S/C16H26N2O/c1-16(2,3)19-15(14-7-5-4-6-8-14)13-18-11-9-17-10-12-18/h4-8,15,17H,9-13H2,1-3H3. The highest BCUT2D eigenvalue weighted by molar-refractivity contribution is 5.18. The van der Waals surface area contributed by atoms with Gasteiger partial charge in [0.2, 0.25) is 0 Å². The lowest BCUT2D eigenvalue weighted by Crippen LogP contribution is -2.45. The maximum atomic E-state index is 6.26. The summed E-state index contributed by atoms with van der Waals surface area (Å²) < 4.78 is 6.26. The van der Waals surface area contributed by atoms with Crippen LogP contribution in [-0.2, 0) is 4.74 Å². The monoisotopic (exact) mass is 262 g/mol. The third-order valence-electron chi connectivity index (χ3n) is 3.30. The van der Waals surface area contributed by atoms with Crippen molar-refractivity contribution in [3.05, 3.63) is 35.9 Å². The number of rotatable bonds is 4. The Hall–Kier alpha value is -0.900. The molecule has 19 heavy (non-hydrogen) atoms. The van der Waals surface area contributed by atoms with Gasteiger partial charge in [-0.05, 0) is 26.3 Å². The Morgan fingerprint density at radius 2 is 1.79 bits per heavy atom. The second kappa shape index (κ2) is 6.51. The molecule has 1 aromatic carbocycles. The highest BCUT2D eigenvalue weighted by Gasteiger charge is 2.23. The lowest BCUT2D eigenvalue weighted by Gasteiger charge is -2.34. The predicted molar refractivity (Wildman–Crippen MR) is 79.3 cm³/mol. The molecule has 0 aliphatic carbocycles. The topological polar surface area (TPSA) is 24.5 Å². The van der Waals surface area contributed by atoms with Crippen molar-refractivity contribution in [3.63, 3.8) is 0 Å². The summed E-state index contributed by atoms with van der Waals surface area (Å²) in [6.45, 7) is 11.7. The van der Waals surface area contributed by atoms with E-state index in [9.17, 15) is 0 Å². The van der Waals surface area contributed by atoms with Crippen LogP contribution in [0.1, 0.15) is 32.4 Å². The summed E-state index contributed by atoms with van der Waals surface area (Å²) >= 11 is 0. The normalized spacial score (nSPS) is 19.3. The van der Waals surface area contributed by atoms with Crippen LogP contribution in [-0.4, -0.2) is 43.2 Å². The number of ether oxygens (including phenoxy) is 1. The van der Waals surface area contributed by atoms with Gasteiger partial charge >= 0.3 is 0 Å². The molecule has 0 bridgehead atoms. The Labute approximate surface area is 116 Å². The minimum atomic E-state index is -0.117. The van der Waals surface area contributed by atoms with Crippen LogP contribution in [0.3, 0.4) is 0 Å². The molecule has 0 amide bonds. The van der Waals surface area contributed by atoms with Gasteiger partial charge in [0.25, 0.3) is 0 Å². The van der Waals surface area contributed by atoms with E-state index in [0.29, 0.717) is 0 Å². The molecule has 3 heteroatoms. The molecule has 1 heterocycles. The molecule has 0 saturated carbocycles. The average Bonchev–Trinajstić information content (AvgIpc) is 2.39. The van der Waals surface area contributed by atoms with Crippen molar-refractivity contribution in [2.75, 3.05) is 32.7 Å². The summed E-state index contributed by atoms with van der Waals surface area (Å²) in [5, 5.41) is 3.39. The van der Waals surface area contributed by atoms with Gasteiger partial charge in [-0.2, -0.15) is 0 Å². The van der Waals surface area contributed by atoms with Crippen molar-refractivity contribution in [2.45, 2.75) is 32.5 Å². The van der Waals surface area contributed by atoms with Gasteiger partial charge in [0.05, 0.1) is 11.7 Å². The second-order valence-electron chi connectivity index (χ2n) is 6.18. The molecule has 1 N–H and O–H groups in total. The molecular weight excluding hydrogens is 236 g/mol. The highest BCUT2D eigenvalue weighted by atomic mass is 16.5. The predicted octanol–water partition coefficient (Wildman–Crippen LogP) is 2.45. The summed E-state index contributed by atoms with van der Waals surface area (Å²) in [6.07, 6.45) is 0.152. The molecule has 1 aliphatic heterocycles. The van der Waals surface area contributed by atoms with E-state index in [2.05, 4.69) is 61.3 Å². The average molecular weight is 262 g/mol. The molecule has 1 saturated heterocycles. The third kappa shape index (κ3) is 4.94. The van der Waals surface area contributed by atoms with Gasteiger partial charge in [0, 0.05) is 32.7 Å². The quantitative estimate of drug-likeness (QED) is 0.902. The maximum absolute atomic E-state index is 6.26. The maximum Gasteiger partial charge on any atom is 0.0958 e. The fourth-order valence-corrected chi connectivity index (χ4v) is 2.43. The number of benzene rings is 1. The van der Waals surface area contributed by atoms with E-state index in [4.69, 9.17) is 4.74 Å². The third-order valence-corrected chi connectivity index (χ3v) is 3.30. The molecule has 106 valence electrons. The fraction of sp³-hybridized carbons (Fsp3) is 0.625. The van der Waals surface area contributed by atoms with E-state index in [1.54, 1.807) is 0 Å². The lowest BCUT2D eigenvalue weighted by molar-refractivity contribution is -0.0747. The lowest BCUT2D eigenvalue weighted by atomic mass is 10.1. The number of hydrogen-bond acceptors (Lipinski definition) is 3. The zero-order valence-corrected chi connectivity index (χ0v) is 12.4. The molecule has 3 nitrogen and oxygen atoms in total. The van der Waals surface area contributed by atoms with E-state index in [1.165, 1.54) is 5.56 Å². The van der Waals surface area contributed by atoms with Crippen LogP contribution in [0.15, 0.2) is 30.3 Å². The number of nitrogens with one attached hydrogen (secondary N) is 1. The Kier molecular flexibility index (Phi) is 4.97. The van der Waals surface area contributed by atoms with Crippen LogP contribution in [0.4, 0.5) is 0 Å². The number of nitrogens with zero attached hydrogens (tertiary/aromatic N) is 1. The number of piperazine rings is 1. The first-order chi connectivity index (χ1) is 9.04. The first kappa shape index (κ1) is 14.5. The molecule has 0 radical (unpaired) electrons. The summed E-state index contributed by atoms with van der Waals surface area (Å²) in [5.74, 6) is 0. The molecule has 0 spiro atoms. The molecule has 2 rings (SSSR count). The fourth-order valence-electron chi connectivity index (χ4n) is 2.43. The summed E-state index contributed by atoms with van der Waals surface area (Å²) in [6, 6.07) is 10.6. The molecular formula is C16H26N2O. The van der Waals surface area contributed by atoms with Gasteiger partial charge in [0.15, 0.2) is 0 Å². The minimum absolute atomic E-state index is 0.117.